The van der Waals surface area contributed by atoms with Crippen LogP contribution < -0.4 is 11.1 Å². The minimum atomic E-state index is -0.603. The number of fused-ring (bicyclic) bond motifs is 1. The number of thiocarbonyl (C=S) groups is 1. The van der Waals surface area contributed by atoms with Crippen LogP contribution in [0.5, 0.6) is 0 Å². The van der Waals surface area contributed by atoms with Crippen LogP contribution in [0.1, 0.15) is 36.8 Å². The van der Waals surface area contributed by atoms with Crippen LogP contribution in [0.4, 0.5) is 5.69 Å². The fourth-order valence-electron chi connectivity index (χ4n) is 3.02. The first kappa shape index (κ1) is 12.6. The standard InChI is InChI=1S/C15H18N2OS/c16-13(19)15(7-2-8-15)14(18)17-12-6-5-10-3-1-4-11(10)9-12/h5-6,9H,1-4,7-8H2,(H2,16,19)(H,17,18). The Morgan fingerprint density at radius 3 is 2.58 bits per heavy atom. The van der Waals surface area contributed by atoms with Crippen LogP contribution in [0.2, 0.25) is 0 Å². The van der Waals surface area contributed by atoms with Gasteiger partial charge in [0.1, 0.15) is 0 Å². The Hall–Kier alpha value is -1.42. The summed E-state index contributed by atoms with van der Waals surface area (Å²) in [6, 6.07) is 6.19. The average molecular weight is 274 g/mol. The molecule has 1 aromatic carbocycles. The summed E-state index contributed by atoms with van der Waals surface area (Å²) >= 11 is 5.07. The molecule has 19 heavy (non-hydrogen) atoms. The van der Waals surface area contributed by atoms with E-state index in [-0.39, 0.29) is 5.91 Å². The molecule has 0 bridgehead atoms. The molecule has 0 aliphatic heterocycles. The Kier molecular flexibility index (Phi) is 3.05. The van der Waals surface area contributed by atoms with E-state index in [9.17, 15) is 4.79 Å². The number of nitrogens with two attached hydrogens (primary N) is 1. The van der Waals surface area contributed by atoms with Gasteiger partial charge in [-0.2, -0.15) is 0 Å². The first-order valence-electron chi connectivity index (χ1n) is 6.85. The molecular weight excluding hydrogens is 256 g/mol. The highest BCUT2D eigenvalue weighted by Gasteiger charge is 2.46. The Bertz CT molecular complexity index is 549. The highest BCUT2D eigenvalue weighted by Crippen LogP contribution is 2.42. The van der Waals surface area contributed by atoms with Gasteiger partial charge in [-0.25, -0.2) is 0 Å². The molecule has 2 aliphatic rings. The largest absolute Gasteiger partial charge is 0.392 e. The Morgan fingerprint density at radius 2 is 1.95 bits per heavy atom. The summed E-state index contributed by atoms with van der Waals surface area (Å²) in [4.78, 5) is 12.7. The zero-order valence-corrected chi connectivity index (χ0v) is 11.7. The van der Waals surface area contributed by atoms with Crippen molar-refractivity contribution in [3.8, 4) is 0 Å². The third kappa shape index (κ3) is 2.04. The van der Waals surface area contributed by atoms with Crippen molar-refractivity contribution in [2.24, 2.45) is 11.1 Å². The summed E-state index contributed by atoms with van der Waals surface area (Å²) in [5.41, 5.74) is 8.78. The van der Waals surface area contributed by atoms with Crippen molar-refractivity contribution < 1.29 is 4.79 Å². The topological polar surface area (TPSA) is 55.1 Å². The smallest absolute Gasteiger partial charge is 0.237 e. The third-order valence-electron chi connectivity index (χ3n) is 4.47. The van der Waals surface area contributed by atoms with Crippen molar-refractivity contribution in [2.75, 3.05) is 5.32 Å². The molecule has 3 N–H and O–H groups in total. The number of benzene rings is 1. The SMILES string of the molecule is NC(=S)C1(C(=O)Nc2ccc3c(c2)CCC3)CCC1. The highest BCUT2D eigenvalue weighted by molar-refractivity contribution is 7.80. The van der Waals surface area contributed by atoms with Crippen molar-refractivity contribution in [1.29, 1.82) is 0 Å². The van der Waals surface area contributed by atoms with Crippen LogP contribution in [-0.2, 0) is 17.6 Å². The fourth-order valence-corrected chi connectivity index (χ4v) is 3.31. The lowest BCUT2D eigenvalue weighted by Crippen LogP contribution is -2.50. The summed E-state index contributed by atoms with van der Waals surface area (Å²) < 4.78 is 0. The Morgan fingerprint density at radius 1 is 1.21 bits per heavy atom. The van der Waals surface area contributed by atoms with Crippen molar-refractivity contribution >= 4 is 28.8 Å². The molecule has 1 fully saturated rings. The molecule has 0 spiro atoms. The number of amides is 1. The number of hydrogen-bond donors (Lipinski definition) is 2. The lowest BCUT2D eigenvalue weighted by atomic mass is 9.68. The summed E-state index contributed by atoms with van der Waals surface area (Å²) in [7, 11) is 0. The molecular formula is C15H18N2OS. The van der Waals surface area contributed by atoms with E-state index in [2.05, 4.69) is 17.4 Å². The molecule has 0 unspecified atom stereocenters. The van der Waals surface area contributed by atoms with Crippen LogP contribution in [0.25, 0.3) is 0 Å². The predicted molar refractivity (Wildman–Crippen MR) is 80.2 cm³/mol. The van der Waals surface area contributed by atoms with Gasteiger partial charge in [-0.3, -0.25) is 4.79 Å². The highest BCUT2D eigenvalue weighted by atomic mass is 32.1. The normalized spacial score (nSPS) is 19.4. The molecule has 3 rings (SSSR count). The van der Waals surface area contributed by atoms with Gasteiger partial charge in [0.05, 0.1) is 10.4 Å². The van der Waals surface area contributed by atoms with Crippen LogP contribution in [0.15, 0.2) is 18.2 Å². The van der Waals surface area contributed by atoms with E-state index in [1.54, 1.807) is 0 Å². The molecule has 1 saturated carbocycles. The summed E-state index contributed by atoms with van der Waals surface area (Å²) in [6.07, 6.45) is 6.05. The molecule has 2 aliphatic carbocycles. The van der Waals surface area contributed by atoms with Crippen LogP contribution in [0, 0.1) is 5.41 Å². The summed E-state index contributed by atoms with van der Waals surface area (Å²) in [6.45, 7) is 0. The van der Waals surface area contributed by atoms with Gasteiger partial charge in [-0.05, 0) is 55.4 Å². The van der Waals surface area contributed by atoms with Crippen LogP contribution >= 0.6 is 12.2 Å². The van der Waals surface area contributed by atoms with Crippen LogP contribution in [-0.4, -0.2) is 10.9 Å². The van der Waals surface area contributed by atoms with Gasteiger partial charge >= 0.3 is 0 Å². The van der Waals surface area contributed by atoms with E-state index < -0.39 is 5.41 Å². The second-order valence-corrected chi connectivity index (χ2v) is 6.03. The zero-order valence-electron chi connectivity index (χ0n) is 10.9. The first-order chi connectivity index (χ1) is 9.12. The van der Waals surface area contributed by atoms with Gasteiger partial charge in [-0.1, -0.05) is 24.7 Å². The maximum atomic E-state index is 12.4. The van der Waals surface area contributed by atoms with Crippen LogP contribution in [0.3, 0.4) is 0 Å². The van der Waals surface area contributed by atoms with Gasteiger partial charge < -0.3 is 11.1 Å². The molecule has 0 heterocycles. The van der Waals surface area contributed by atoms with E-state index in [1.807, 2.05) is 6.07 Å². The molecule has 0 aromatic heterocycles. The van der Waals surface area contributed by atoms with Crippen molar-refractivity contribution in [1.82, 2.24) is 0 Å². The average Bonchev–Trinajstić information content (AvgIpc) is 2.73. The van der Waals surface area contributed by atoms with E-state index in [1.165, 1.54) is 17.5 Å². The maximum absolute atomic E-state index is 12.4. The second kappa shape index (κ2) is 4.60. The van der Waals surface area contributed by atoms with Crippen molar-refractivity contribution in [3.63, 3.8) is 0 Å². The predicted octanol–water partition coefficient (Wildman–Crippen LogP) is 2.57. The van der Waals surface area contributed by atoms with Crippen molar-refractivity contribution in [3.05, 3.63) is 29.3 Å². The summed E-state index contributed by atoms with van der Waals surface area (Å²) in [5, 5.41) is 2.99. The number of rotatable bonds is 3. The minimum Gasteiger partial charge on any atom is -0.392 e. The Balaban J connectivity index is 1.78. The van der Waals surface area contributed by atoms with Crippen molar-refractivity contribution in [2.45, 2.75) is 38.5 Å². The molecule has 0 radical (unpaired) electrons. The number of anilines is 1. The molecule has 3 nitrogen and oxygen atoms in total. The number of carbonyl (C=O) groups is 1. The second-order valence-electron chi connectivity index (χ2n) is 5.59. The number of nitrogens with one attached hydrogen (secondary N) is 1. The zero-order chi connectivity index (χ0) is 13.5. The number of hydrogen-bond acceptors (Lipinski definition) is 2. The van der Waals surface area contributed by atoms with Gasteiger partial charge in [-0.15, -0.1) is 0 Å². The van der Waals surface area contributed by atoms with E-state index in [0.717, 1.165) is 37.8 Å². The van der Waals surface area contributed by atoms with Gasteiger partial charge in [0, 0.05) is 5.69 Å². The Labute approximate surface area is 118 Å². The lowest BCUT2D eigenvalue weighted by Gasteiger charge is -2.39. The van der Waals surface area contributed by atoms with Gasteiger partial charge in [0.15, 0.2) is 0 Å². The molecule has 4 heteroatoms. The quantitative estimate of drug-likeness (QED) is 0.833. The number of aryl methyl sites for hydroxylation is 2. The van der Waals surface area contributed by atoms with E-state index in [0.29, 0.717) is 4.99 Å². The van der Waals surface area contributed by atoms with E-state index >= 15 is 0 Å². The minimum absolute atomic E-state index is 0.0378. The monoisotopic (exact) mass is 274 g/mol. The van der Waals surface area contributed by atoms with E-state index in [4.69, 9.17) is 18.0 Å². The summed E-state index contributed by atoms with van der Waals surface area (Å²) in [5.74, 6) is -0.0378. The maximum Gasteiger partial charge on any atom is 0.237 e. The molecule has 1 amide bonds. The first-order valence-corrected chi connectivity index (χ1v) is 7.26. The third-order valence-corrected chi connectivity index (χ3v) is 4.86. The van der Waals surface area contributed by atoms with Gasteiger partial charge in [0.2, 0.25) is 5.91 Å². The lowest BCUT2D eigenvalue weighted by molar-refractivity contribution is -0.125. The van der Waals surface area contributed by atoms with Gasteiger partial charge in [0.25, 0.3) is 0 Å². The molecule has 0 atom stereocenters. The molecule has 100 valence electrons. The molecule has 1 aromatic rings. The fraction of sp³-hybridized carbons (Fsp3) is 0.467. The molecule has 0 saturated heterocycles. The number of carbonyl (C=O) groups excluding carboxylic acids is 1.